The first-order valence-electron chi connectivity index (χ1n) is 10.5. The zero-order chi connectivity index (χ0) is 21.5. The normalized spacial score (nSPS) is 23.6. The van der Waals surface area contributed by atoms with E-state index >= 15 is 0 Å². The predicted octanol–water partition coefficient (Wildman–Crippen LogP) is 5.68. The van der Waals surface area contributed by atoms with Crippen molar-refractivity contribution in [2.45, 2.75) is 51.7 Å². The highest BCUT2D eigenvalue weighted by Crippen LogP contribution is 2.44. The molecule has 1 spiro atoms. The number of rotatable bonds is 5. The Labute approximate surface area is 182 Å². The van der Waals surface area contributed by atoms with Gasteiger partial charge in [-0.05, 0) is 66.1 Å². The van der Waals surface area contributed by atoms with Crippen LogP contribution in [0.3, 0.4) is 0 Å². The molecule has 2 atom stereocenters. The van der Waals surface area contributed by atoms with E-state index in [1.165, 1.54) is 0 Å². The number of nitrogens with one attached hydrogen (secondary N) is 1. The van der Waals surface area contributed by atoms with Crippen molar-refractivity contribution in [2.75, 3.05) is 6.61 Å². The molecule has 0 aromatic heterocycles. The third-order valence-corrected chi connectivity index (χ3v) is 6.34. The van der Waals surface area contributed by atoms with Gasteiger partial charge in [0.2, 0.25) is 0 Å². The monoisotopic (exact) mass is 425 g/mol. The quantitative estimate of drug-likeness (QED) is 0.648. The number of ether oxygens (including phenoxy) is 1. The number of amides is 1. The number of hydrogen-bond acceptors (Lipinski definition) is 3. The zero-order valence-electron chi connectivity index (χ0n) is 17.7. The van der Waals surface area contributed by atoms with Gasteiger partial charge in [0, 0.05) is 18.1 Å². The molecule has 2 aromatic rings. The van der Waals surface area contributed by atoms with Gasteiger partial charge in [0.25, 0.3) is 5.91 Å². The lowest BCUT2D eigenvalue weighted by molar-refractivity contribution is -0.116. The fourth-order valence-corrected chi connectivity index (χ4v) is 4.57. The molecule has 2 aromatic carbocycles. The third kappa shape index (κ3) is 3.86. The standard InChI is InChI=1S/C25H28ClNO3/c1-15(2)14-30-20-10-11-25(13-20)23(28)22(24(29)27-25)21-12-18(5-4-16(21)3)17-6-8-19(26)9-7-17/h4-9,12,15,20,28H,10-11,13-14H2,1-3H3,(H,27,29)/t20-,25-/m1/s1. The van der Waals surface area contributed by atoms with Crippen LogP contribution in [0, 0.1) is 12.8 Å². The number of aryl methyl sites for hydroxylation is 1. The second-order valence-corrected chi connectivity index (χ2v) is 9.32. The molecule has 1 aliphatic heterocycles. The van der Waals surface area contributed by atoms with Crippen molar-refractivity contribution in [3.63, 3.8) is 0 Å². The molecule has 1 aliphatic carbocycles. The fourth-order valence-electron chi connectivity index (χ4n) is 4.45. The van der Waals surface area contributed by atoms with E-state index in [9.17, 15) is 9.90 Å². The fraction of sp³-hybridized carbons (Fsp3) is 0.400. The van der Waals surface area contributed by atoms with Gasteiger partial charge in [-0.15, -0.1) is 0 Å². The molecular weight excluding hydrogens is 398 g/mol. The summed E-state index contributed by atoms with van der Waals surface area (Å²) >= 11 is 6.01. The molecule has 0 saturated heterocycles. The average Bonchev–Trinajstić information content (AvgIpc) is 3.22. The van der Waals surface area contributed by atoms with Crippen LogP contribution >= 0.6 is 11.6 Å². The summed E-state index contributed by atoms with van der Waals surface area (Å²) < 4.78 is 5.99. The van der Waals surface area contributed by atoms with Crippen LogP contribution < -0.4 is 5.32 Å². The zero-order valence-corrected chi connectivity index (χ0v) is 18.4. The molecule has 0 bridgehead atoms. The highest BCUT2D eigenvalue weighted by molar-refractivity contribution is 6.30. The molecule has 1 fully saturated rings. The summed E-state index contributed by atoms with van der Waals surface area (Å²) in [7, 11) is 0. The second kappa shape index (κ2) is 8.09. The van der Waals surface area contributed by atoms with Gasteiger partial charge in [-0.2, -0.15) is 0 Å². The van der Waals surface area contributed by atoms with E-state index in [1.807, 2.05) is 49.4 Å². The molecule has 2 aliphatic rings. The van der Waals surface area contributed by atoms with Crippen molar-refractivity contribution in [2.24, 2.45) is 5.92 Å². The van der Waals surface area contributed by atoms with Crippen molar-refractivity contribution < 1.29 is 14.6 Å². The third-order valence-electron chi connectivity index (χ3n) is 6.09. The van der Waals surface area contributed by atoms with E-state index < -0.39 is 5.54 Å². The first kappa shape index (κ1) is 21.0. The molecule has 30 heavy (non-hydrogen) atoms. The Hall–Kier alpha value is -2.30. The Morgan fingerprint density at radius 2 is 1.90 bits per heavy atom. The summed E-state index contributed by atoms with van der Waals surface area (Å²) in [4.78, 5) is 13.0. The first-order chi connectivity index (χ1) is 14.3. The lowest BCUT2D eigenvalue weighted by atomic mass is 9.91. The number of halogens is 1. The van der Waals surface area contributed by atoms with Crippen molar-refractivity contribution in [1.29, 1.82) is 0 Å². The lowest BCUT2D eigenvalue weighted by Gasteiger charge is -2.24. The molecule has 0 unspecified atom stereocenters. The Balaban J connectivity index is 1.67. The molecule has 1 saturated carbocycles. The number of carbonyl (C=O) groups excluding carboxylic acids is 1. The van der Waals surface area contributed by atoms with Gasteiger partial charge >= 0.3 is 0 Å². The van der Waals surface area contributed by atoms with E-state index in [2.05, 4.69) is 19.2 Å². The summed E-state index contributed by atoms with van der Waals surface area (Å²) in [6, 6.07) is 13.6. The Morgan fingerprint density at radius 3 is 2.60 bits per heavy atom. The summed E-state index contributed by atoms with van der Waals surface area (Å²) in [5.74, 6) is 0.394. The highest BCUT2D eigenvalue weighted by atomic mass is 35.5. The molecule has 4 nitrogen and oxygen atoms in total. The van der Waals surface area contributed by atoms with Gasteiger partial charge in [0.1, 0.15) is 11.3 Å². The maximum atomic E-state index is 13.0. The Kier molecular flexibility index (Phi) is 5.65. The maximum absolute atomic E-state index is 13.0. The molecule has 4 rings (SSSR count). The number of carbonyl (C=O) groups is 1. The van der Waals surface area contributed by atoms with Crippen LogP contribution in [-0.2, 0) is 9.53 Å². The number of aliphatic hydroxyl groups is 1. The molecule has 158 valence electrons. The first-order valence-corrected chi connectivity index (χ1v) is 10.9. The highest BCUT2D eigenvalue weighted by Gasteiger charge is 2.51. The summed E-state index contributed by atoms with van der Waals surface area (Å²) in [6.45, 7) is 6.89. The Morgan fingerprint density at radius 1 is 1.20 bits per heavy atom. The van der Waals surface area contributed by atoms with Crippen molar-refractivity contribution in [3.05, 3.63) is 64.4 Å². The minimum Gasteiger partial charge on any atom is -0.509 e. The van der Waals surface area contributed by atoms with Crippen LogP contribution in [0.1, 0.15) is 44.2 Å². The van der Waals surface area contributed by atoms with Gasteiger partial charge < -0.3 is 15.2 Å². The van der Waals surface area contributed by atoms with Gasteiger partial charge in [-0.25, -0.2) is 0 Å². The smallest absolute Gasteiger partial charge is 0.256 e. The van der Waals surface area contributed by atoms with Crippen LogP contribution in [0.15, 0.2) is 48.2 Å². The summed E-state index contributed by atoms with van der Waals surface area (Å²) in [6.07, 6.45) is 2.17. The second-order valence-electron chi connectivity index (χ2n) is 8.89. The summed E-state index contributed by atoms with van der Waals surface area (Å²) in [5.41, 5.74) is 3.38. The van der Waals surface area contributed by atoms with E-state index in [-0.39, 0.29) is 17.8 Å². The number of aliphatic hydroxyl groups excluding tert-OH is 1. The molecular formula is C25H28ClNO3. The van der Waals surface area contributed by atoms with Crippen LogP contribution in [0.5, 0.6) is 0 Å². The summed E-state index contributed by atoms with van der Waals surface area (Å²) in [5, 5.41) is 15.0. The van der Waals surface area contributed by atoms with Crippen LogP contribution in [-0.4, -0.2) is 29.3 Å². The SMILES string of the molecule is Cc1ccc(-c2ccc(Cl)cc2)cc1C1=C(O)[C@]2(CC[C@@H](OCC(C)C)C2)NC1=O. The van der Waals surface area contributed by atoms with Crippen molar-refractivity contribution in [1.82, 2.24) is 5.32 Å². The topological polar surface area (TPSA) is 58.6 Å². The number of benzene rings is 2. The van der Waals surface area contributed by atoms with E-state index in [0.29, 0.717) is 36.0 Å². The van der Waals surface area contributed by atoms with Gasteiger partial charge in [0.15, 0.2) is 0 Å². The van der Waals surface area contributed by atoms with E-state index in [0.717, 1.165) is 28.7 Å². The minimum absolute atomic E-state index is 0.0516. The maximum Gasteiger partial charge on any atom is 0.256 e. The van der Waals surface area contributed by atoms with Crippen LogP contribution in [0.4, 0.5) is 0 Å². The predicted molar refractivity (Wildman–Crippen MR) is 120 cm³/mol. The van der Waals surface area contributed by atoms with Crippen LogP contribution in [0.2, 0.25) is 5.02 Å². The molecule has 0 radical (unpaired) electrons. The molecule has 1 amide bonds. The van der Waals surface area contributed by atoms with Crippen molar-refractivity contribution in [3.8, 4) is 11.1 Å². The van der Waals surface area contributed by atoms with Gasteiger partial charge in [-0.1, -0.05) is 49.7 Å². The Bertz CT molecular complexity index is 996. The average molecular weight is 426 g/mol. The van der Waals surface area contributed by atoms with Gasteiger partial charge in [0.05, 0.1) is 11.7 Å². The number of hydrogen-bond donors (Lipinski definition) is 2. The molecule has 2 N–H and O–H groups in total. The molecule has 5 heteroatoms. The molecule has 1 heterocycles. The van der Waals surface area contributed by atoms with Gasteiger partial charge in [-0.3, -0.25) is 4.79 Å². The van der Waals surface area contributed by atoms with E-state index in [4.69, 9.17) is 16.3 Å². The lowest BCUT2D eigenvalue weighted by Crippen LogP contribution is -2.42. The largest absolute Gasteiger partial charge is 0.509 e. The minimum atomic E-state index is -0.712. The van der Waals surface area contributed by atoms with Crippen molar-refractivity contribution >= 4 is 23.1 Å². The van der Waals surface area contributed by atoms with Crippen LogP contribution in [0.25, 0.3) is 16.7 Å². The van der Waals surface area contributed by atoms with E-state index in [1.54, 1.807) is 0 Å².